The van der Waals surface area contributed by atoms with Gasteiger partial charge in [0, 0.05) is 25.2 Å². The van der Waals surface area contributed by atoms with E-state index in [1.165, 1.54) is 6.42 Å². The van der Waals surface area contributed by atoms with E-state index in [-0.39, 0.29) is 0 Å². The van der Waals surface area contributed by atoms with Gasteiger partial charge in [-0.1, -0.05) is 0 Å². The zero-order valence-corrected chi connectivity index (χ0v) is 8.34. The Morgan fingerprint density at radius 2 is 2.42 bits per heavy atom. The first-order chi connectivity index (χ1) is 5.74. The van der Waals surface area contributed by atoms with Crippen molar-refractivity contribution in [1.82, 2.24) is 10.2 Å². The summed E-state index contributed by atoms with van der Waals surface area (Å²) >= 11 is 0. The van der Waals surface area contributed by atoms with E-state index < -0.39 is 0 Å². The zero-order chi connectivity index (χ0) is 8.97. The first-order valence-electron chi connectivity index (χ1n) is 4.69. The van der Waals surface area contributed by atoms with Gasteiger partial charge in [0.25, 0.3) is 0 Å². The van der Waals surface area contributed by atoms with Gasteiger partial charge in [0.05, 0.1) is 6.61 Å². The van der Waals surface area contributed by atoms with E-state index in [1.54, 1.807) is 0 Å². The van der Waals surface area contributed by atoms with Crippen LogP contribution in [0.15, 0.2) is 0 Å². The van der Waals surface area contributed by atoms with Crippen molar-refractivity contribution in [3.63, 3.8) is 0 Å². The highest BCUT2D eigenvalue weighted by atomic mass is 16.5. The topological polar surface area (TPSA) is 24.5 Å². The van der Waals surface area contributed by atoms with Crippen molar-refractivity contribution < 1.29 is 4.74 Å². The van der Waals surface area contributed by atoms with Crippen molar-refractivity contribution in [1.29, 1.82) is 0 Å². The van der Waals surface area contributed by atoms with Gasteiger partial charge in [0.2, 0.25) is 0 Å². The Labute approximate surface area is 75.1 Å². The van der Waals surface area contributed by atoms with E-state index in [2.05, 4.69) is 24.2 Å². The first-order valence-corrected chi connectivity index (χ1v) is 4.69. The van der Waals surface area contributed by atoms with Crippen LogP contribution in [0.5, 0.6) is 0 Å². The number of ether oxygens (including phenoxy) is 1. The zero-order valence-electron chi connectivity index (χ0n) is 8.34. The van der Waals surface area contributed by atoms with Crippen LogP contribution in [0.2, 0.25) is 0 Å². The molecule has 0 bridgehead atoms. The molecule has 0 amide bonds. The fraction of sp³-hybridized carbons (Fsp3) is 1.00. The van der Waals surface area contributed by atoms with Crippen molar-refractivity contribution in [3.05, 3.63) is 0 Å². The molecule has 1 aliphatic rings. The maximum absolute atomic E-state index is 5.33. The average molecular weight is 172 g/mol. The predicted molar refractivity (Wildman–Crippen MR) is 50.4 cm³/mol. The van der Waals surface area contributed by atoms with Crippen LogP contribution in [0.1, 0.15) is 13.3 Å². The van der Waals surface area contributed by atoms with Gasteiger partial charge in [-0.2, -0.15) is 0 Å². The van der Waals surface area contributed by atoms with Gasteiger partial charge in [-0.25, -0.2) is 0 Å². The number of hydrogen-bond acceptors (Lipinski definition) is 3. The minimum atomic E-state index is 0.565. The Hall–Kier alpha value is -0.120. The van der Waals surface area contributed by atoms with Gasteiger partial charge in [0.1, 0.15) is 0 Å². The third-order valence-electron chi connectivity index (χ3n) is 2.58. The molecule has 3 nitrogen and oxygen atoms in total. The normalized spacial score (nSPS) is 26.5. The second kappa shape index (κ2) is 4.80. The highest BCUT2D eigenvalue weighted by Gasteiger charge is 2.20. The van der Waals surface area contributed by atoms with E-state index in [1.807, 2.05) is 7.05 Å². The molecule has 1 N–H and O–H groups in total. The summed E-state index contributed by atoms with van der Waals surface area (Å²) in [6, 6.07) is 1.20. The lowest BCUT2D eigenvalue weighted by Crippen LogP contribution is -2.41. The molecular formula is C9H20N2O. The summed E-state index contributed by atoms with van der Waals surface area (Å²) in [4.78, 5) is 2.38. The van der Waals surface area contributed by atoms with Gasteiger partial charge >= 0.3 is 0 Å². The fourth-order valence-electron chi connectivity index (χ4n) is 1.54. The maximum atomic E-state index is 5.33. The Bertz CT molecular complexity index is 124. The summed E-state index contributed by atoms with van der Waals surface area (Å²) in [6.45, 7) is 5.15. The minimum Gasteiger partial charge on any atom is -0.380 e. The molecule has 1 rings (SSSR count). The molecule has 2 atom stereocenters. The molecule has 0 aromatic rings. The van der Waals surface area contributed by atoms with Crippen LogP contribution in [0.4, 0.5) is 0 Å². The van der Waals surface area contributed by atoms with E-state index in [0.717, 1.165) is 19.8 Å². The number of hydrogen-bond donors (Lipinski definition) is 1. The third kappa shape index (κ3) is 2.73. The van der Waals surface area contributed by atoms with Crippen molar-refractivity contribution in [2.75, 3.05) is 33.9 Å². The van der Waals surface area contributed by atoms with Gasteiger partial charge in [-0.05, 0) is 27.4 Å². The second-order valence-electron chi connectivity index (χ2n) is 3.65. The minimum absolute atomic E-state index is 0.565. The van der Waals surface area contributed by atoms with Crippen LogP contribution in [0.25, 0.3) is 0 Å². The predicted octanol–water partition coefficient (Wildman–Crippen LogP) is 0.315. The Kier molecular flexibility index (Phi) is 3.98. The van der Waals surface area contributed by atoms with Crippen LogP contribution in [-0.4, -0.2) is 50.8 Å². The van der Waals surface area contributed by atoms with E-state index in [0.29, 0.717) is 12.1 Å². The summed E-state index contributed by atoms with van der Waals surface area (Å²) in [5.74, 6) is 0. The van der Waals surface area contributed by atoms with Gasteiger partial charge < -0.3 is 10.1 Å². The lowest BCUT2D eigenvalue weighted by molar-refractivity contribution is 0.155. The summed E-state index contributed by atoms with van der Waals surface area (Å²) in [5, 5.41) is 3.24. The van der Waals surface area contributed by atoms with Crippen molar-refractivity contribution in [2.45, 2.75) is 25.4 Å². The number of rotatable bonds is 4. The van der Waals surface area contributed by atoms with Crippen LogP contribution in [-0.2, 0) is 4.74 Å². The highest BCUT2D eigenvalue weighted by Crippen LogP contribution is 2.10. The van der Waals surface area contributed by atoms with Crippen LogP contribution < -0.4 is 5.32 Å². The molecule has 12 heavy (non-hydrogen) atoms. The molecule has 1 fully saturated rings. The molecule has 0 saturated carbocycles. The molecule has 1 heterocycles. The molecule has 0 aromatic carbocycles. The van der Waals surface area contributed by atoms with E-state index in [4.69, 9.17) is 4.74 Å². The molecule has 0 radical (unpaired) electrons. The maximum Gasteiger partial charge on any atom is 0.0622 e. The monoisotopic (exact) mass is 172 g/mol. The first kappa shape index (κ1) is 9.96. The molecule has 2 unspecified atom stereocenters. The highest BCUT2D eigenvalue weighted by molar-refractivity contribution is 4.75. The van der Waals surface area contributed by atoms with Crippen molar-refractivity contribution in [2.24, 2.45) is 0 Å². The Balaban J connectivity index is 2.21. The van der Waals surface area contributed by atoms with Crippen LogP contribution >= 0.6 is 0 Å². The fourth-order valence-corrected chi connectivity index (χ4v) is 1.54. The summed E-state index contributed by atoms with van der Waals surface area (Å²) < 4.78 is 5.33. The summed E-state index contributed by atoms with van der Waals surface area (Å²) in [7, 11) is 4.18. The molecule has 3 heteroatoms. The smallest absolute Gasteiger partial charge is 0.0622 e. The Morgan fingerprint density at radius 1 is 1.67 bits per heavy atom. The number of nitrogens with zero attached hydrogens (tertiary/aromatic N) is 1. The largest absolute Gasteiger partial charge is 0.380 e. The molecule has 0 aromatic heterocycles. The molecule has 1 saturated heterocycles. The van der Waals surface area contributed by atoms with Crippen LogP contribution in [0.3, 0.4) is 0 Å². The molecule has 1 aliphatic heterocycles. The third-order valence-corrected chi connectivity index (χ3v) is 2.58. The van der Waals surface area contributed by atoms with Crippen molar-refractivity contribution in [3.8, 4) is 0 Å². The number of nitrogens with one attached hydrogen (secondary N) is 1. The molecule has 0 spiro atoms. The lowest BCUT2D eigenvalue weighted by atomic mass is 10.2. The molecule has 72 valence electrons. The summed E-state index contributed by atoms with van der Waals surface area (Å²) in [6.07, 6.45) is 1.19. The van der Waals surface area contributed by atoms with Gasteiger partial charge in [0.15, 0.2) is 0 Å². The standard InChI is InChI=1S/C9H20N2O/c1-8(10-2)6-11(3)9-4-5-12-7-9/h8-10H,4-7H2,1-3H3. The Morgan fingerprint density at radius 3 is 2.92 bits per heavy atom. The van der Waals surface area contributed by atoms with E-state index >= 15 is 0 Å². The quantitative estimate of drug-likeness (QED) is 0.661. The van der Waals surface area contributed by atoms with Crippen LogP contribution in [0, 0.1) is 0 Å². The average Bonchev–Trinajstić information content (AvgIpc) is 2.56. The SMILES string of the molecule is CNC(C)CN(C)C1CCOC1. The van der Waals surface area contributed by atoms with Crippen molar-refractivity contribution >= 4 is 0 Å². The summed E-state index contributed by atoms with van der Waals surface area (Å²) in [5.41, 5.74) is 0. The lowest BCUT2D eigenvalue weighted by Gasteiger charge is -2.25. The van der Waals surface area contributed by atoms with Gasteiger partial charge in [-0.15, -0.1) is 0 Å². The molecular weight excluding hydrogens is 152 g/mol. The number of likely N-dealkylation sites (N-methyl/N-ethyl adjacent to an activating group) is 2. The van der Waals surface area contributed by atoms with E-state index in [9.17, 15) is 0 Å². The molecule has 0 aliphatic carbocycles. The van der Waals surface area contributed by atoms with Gasteiger partial charge in [-0.3, -0.25) is 4.90 Å². The second-order valence-corrected chi connectivity index (χ2v) is 3.65.